The molecule has 18 heavy (non-hydrogen) atoms. The van der Waals surface area contributed by atoms with Crippen LogP contribution >= 0.6 is 0 Å². The van der Waals surface area contributed by atoms with Crippen molar-refractivity contribution >= 4 is 11.9 Å². The van der Waals surface area contributed by atoms with Crippen LogP contribution in [-0.4, -0.2) is 25.1 Å². The Kier molecular flexibility index (Phi) is 5.17. The zero-order valence-corrected chi connectivity index (χ0v) is 11.0. The third-order valence-electron chi connectivity index (χ3n) is 2.10. The van der Waals surface area contributed by atoms with Gasteiger partial charge in [0.15, 0.2) is 0 Å². The van der Waals surface area contributed by atoms with E-state index in [-0.39, 0.29) is 6.10 Å². The minimum Gasteiger partial charge on any atom is -0.497 e. The molecular formula is C13H17NO4. The molecule has 0 radical (unpaired) electrons. The Morgan fingerprint density at radius 1 is 1.22 bits per heavy atom. The van der Waals surface area contributed by atoms with Crippen LogP contribution in [-0.2, 0) is 9.57 Å². The van der Waals surface area contributed by atoms with Gasteiger partial charge in [-0.3, -0.25) is 4.84 Å². The highest BCUT2D eigenvalue weighted by Crippen LogP contribution is 2.12. The number of hydrogen-bond donors (Lipinski definition) is 0. The molecule has 5 heteroatoms. The Morgan fingerprint density at radius 3 is 2.33 bits per heavy atom. The quantitative estimate of drug-likeness (QED) is 0.357. The van der Waals surface area contributed by atoms with E-state index in [0.717, 1.165) is 11.3 Å². The molecule has 0 aliphatic heterocycles. The Labute approximate surface area is 106 Å². The van der Waals surface area contributed by atoms with Gasteiger partial charge in [0.2, 0.25) is 0 Å². The average Bonchev–Trinajstić information content (AvgIpc) is 2.35. The minimum absolute atomic E-state index is 0.228. The van der Waals surface area contributed by atoms with Crippen LogP contribution in [0.15, 0.2) is 29.4 Å². The van der Waals surface area contributed by atoms with Crippen LogP contribution in [0.3, 0.4) is 0 Å². The number of carbonyl (C=O) groups is 1. The lowest BCUT2D eigenvalue weighted by Gasteiger charge is -2.05. The molecule has 0 saturated heterocycles. The second-order valence-corrected chi connectivity index (χ2v) is 3.91. The second kappa shape index (κ2) is 6.64. The number of methoxy groups -OCH3 is 1. The van der Waals surface area contributed by atoms with E-state index in [1.807, 2.05) is 12.1 Å². The number of carbonyl (C=O) groups excluding carboxylic acids is 1. The van der Waals surface area contributed by atoms with Crippen molar-refractivity contribution in [1.82, 2.24) is 0 Å². The summed E-state index contributed by atoms with van der Waals surface area (Å²) in [6.45, 7) is 5.22. The van der Waals surface area contributed by atoms with Crippen LogP contribution in [0.1, 0.15) is 26.3 Å². The maximum Gasteiger partial charge on any atom is 0.535 e. The standard InChI is InChI=1S/C13H17NO4/c1-9(2)17-13(15)18-14-10(3)11-5-7-12(16-4)8-6-11/h5-9H,1-4H3/b14-10+. The zero-order chi connectivity index (χ0) is 13.5. The SMILES string of the molecule is COc1ccc(/C(C)=N/OC(=O)OC(C)C)cc1. The molecule has 0 heterocycles. The molecule has 0 aromatic heterocycles. The van der Waals surface area contributed by atoms with Crippen LogP contribution in [0.25, 0.3) is 0 Å². The first kappa shape index (κ1) is 14.0. The molecule has 1 aromatic carbocycles. The van der Waals surface area contributed by atoms with Crippen molar-refractivity contribution in [2.75, 3.05) is 7.11 Å². The van der Waals surface area contributed by atoms with Gasteiger partial charge in [0, 0.05) is 0 Å². The first-order valence-electron chi connectivity index (χ1n) is 5.59. The molecule has 0 saturated carbocycles. The molecule has 0 aliphatic rings. The number of oxime groups is 1. The minimum atomic E-state index is -0.808. The molecule has 0 unspecified atom stereocenters. The summed E-state index contributed by atoms with van der Waals surface area (Å²) in [6.07, 6.45) is -1.04. The summed E-state index contributed by atoms with van der Waals surface area (Å²) in [7, 11) is 1.60. The highest BCUT2D eigenvalue weighted by Gasteiger charge is 2.07. The first-order valence-corrected chi connectivity index (χ1v) is 5.59. The van der Waals surface area contributed by atoms with E-state index in [9.17, 15) is 4.79 Å². The van der Waals surface area contributed by atoms with Gasteiger partial charge in [-0.1, -0.05) is 5.16 Å². The Balaban J connectivity index is 2.62. The fourth-order valence-electron chi connectivity index (χ4n) is 1.20. The maximum atomic E-state index is 11.1. The largest absolute Gasteiger partial charge is 0.535 e. The van der Waals surface area contributed by atoms with Crippen LogP contribution < -0.4 is 4.74 Å². The molecule has 98 valence electrons. The topological polar surface area (TPSA) is 57.1 Å². The third-order valence-corrected chi connectivity index (χ3v) is 2.10. The smallest absolute Gasteiger partial charge is 0.497 e. The van der Waals surface area contributed by atoms with Crippen molar-refractivity contribution in [2.45, 2.75) is 26.9 Å². The number of rotatable bonds is 4. The second-order valence-electron chi connectivity index (χ2n) is 3.91. The van der Waals surface area contributed by atoms with Crippen LogP contribution in [0, 0.1) is 0 Å². The van der Waals surface area contributed by atoms with Crippen molar-refractivity contribution in [2.24, 2.45) is 5.16 Å². The van der Waals surface area contributed by atoms with E-state index in [1.54, 1.807) is 40.0 Å². The van der Waals surface area contributed by atoms with Gasteiger partial charge in [0.25, 0.3) is 0 Å². The van der Waals surface area contributed by atoms with Crippen molar-refractivity contribution in [1.29, 1.82) is 0 Å². The predicted octanol–water partition coefficient (Wildman–Crippen LogP) is 2.98. The highest BCUT2D eigenvalue weighted by molar-refractivity contribution is 5.98. The molecule has 0 spiro atoms. The molecule has 0 amide bonds. The van der Waals surface area contributed by atoms with Gasteiger partial charge in [-0.25, -0.2) is 4.79 Å². The summed E-state index contributed by atoms with van der Waals surface area (Å²) in [4.78, 5) is 15.7. The molecular weight excluding hydrogens is 234 g/mol. The van der Waals surface area contributed by atoms with Crippen molar-refractivity contribution < 1.29 is 19.1 Å². The fraction of sp³-hybridized carbons (Fsp3) is 0.385. The molecule has 0 bridgehead atoms. The molecule has 1 aromatic rings. The third kappa shape index (κ3) is 4.45. The predicted molar refractivity (Wildman–Crippen MR) is 67.9 cm³/mol. The van der Waals surface area contributed by atoms with Crippen LogP contribution in [0.5, 0.6) is 5.75 Å². The van der Waals surface area contributed by atoms with Crippen LogP contribution in [0.2, 0.25) is 0 Å². The number of benzene rings is 1. The van der Waals surface area contributed by atoms with Gasteiger partial charge in [0.05, 0.1) is 18.9 Å². The maximum absolute atomic E-state index is 11.1. The molecule has 0 atom stereocenters. The van der Waals surface area contributed by atoms with E-state index in [2.05, 4.69) is 9.99 Å². The van der Waals surface area contributed by atoms with Gasteiger partial charge in [-0.05, 0) is 50.6 Å². The summed E-state index contributed by atoms with van der Waals surface area (Å²) in [5, 5.41) is 3.70. The zero-order valence-electron chi connectivity index (χ0n) is 11.0. The Morgan fingerprint density at radius 2 is 1.83 bits per heavy atom. The first-order chi connectivity index (χ1) is 8.52. The Hall–Kier alpha value is -2.04. The lowest BCUT2D eigenvalue weighted by Crippen LogP contribution is -2.11. The summed E-state index contributed by atoms with van der Waals surface area (Å²) >= 11 is 0. The lowest BCUT2D eigenvalue weighted by atomic mass is 10.1. The highest BCUT2D eigenvalue weighted by atomic mass is 16.8. The number of hydrogen-bond acceptors (Lipinski definition) is 5. The van der Waals surface area contributed by atoms with Gasteiger partial charge >= 0.3 is 6.16 Å². The Bertz CT molecular complexity index is 423. The molecule has 1 rings (SSSR count). The van der Waals surface area contributed by atoms with Gasteiger partial charge < -0.3 is 9.47 Å². The number of ether oxygens (including phenoxy) is 2. The normalized spacial score (nSPS) is 11.3. The van der Waals surface area contributed by atoms with Gasteiger partial charge in [-0.2, -0.15) is 0 Å². The summed E-state index contributed by atoms with van der Waals surface area (Å²) < 4.78 is 9.83. The van der Waals surface area contributed by atoms with Crippen LogP contribution in [0.4, 0.5) is 4.79 Å². The lowest BCUT2D eigenvalue weighted by molar-refractivity contribution is 0.0363. The summed E-state index contributed by atoms with van der Waals surface area (Å²) in [5.74, 6) is 0.756. The van der Waals surface area contributed by atoms with Crippen molar-refractivity contribution in [3.05, 3.63) is 29.8 Å². The van der Waals surface area contributed by atoms with E-state index in [1.165, 1.54) is 0 Å². The van der Waals surface area contributed by atoms with Gasteiger partial charge in [-0.15, -0.1) is 0 Å². The van der Waals surface area contributed by atoms with Gasteiger partial charge in [0.1, 0.15) is 5.75 Å². The average molecular weight is 251 g/mol. The van der Waals surface area contributed by atoms with E-state index in [4.69, 9.17) is 9.47 Å². The van der Waals surface area contributed by atoms with Crippen molar-refractivity contribution in [3.63, 3.8) is 0 Å². The number of nitrogens with zero attached hydrogens (tertiary/aromatic N) is 1. The van der Waals surface area contributed by atoms with Crippen molar-refractivity contribution in [3.8, 4) is 5.75 Å². The van der Waals surface area contributed by atoms with E-state index < -0.39 is 6.16 Å². The molecule has 0 aliphatic carbocycles. The molecule has 0 N–H and O–H groups in total. The molecule has 5 nitrogen and oxygen atoms in total. The molecule has 0 fully saturated rings. The summed E-state index contributed by atoms with van der Waals surface area (Å²) in [5.41, 5.74) is 1.42. The van der Waals surface area contributed by atoms with E-state index >= 15 is 0 Å². The summed E-state index contributed by atoms with van der Waals surface area (Å²) in [6, 6.07) is 7.27. The fourth-order valence-corrected chi connectivity index (χ4v) is 1.20. The monoisotopic (exact) mass is 251 g/mol. The van der Waals surface area contributed by atoms with E-state index in [0.29, 0.717) is 5.71 Å².